The Morgan fingerprint density at radius 1 is 1.50 bits per heavy atom. The minimum atomic E-state index is 0.676. The lowest BCUT2D eigenvalue weighted by Gasteiger charge is -1.84. The molecule has 0 bridgehead atoms. The smallest absolute Gasteiger partial charge is 0.306 e. The van der Waals surface area contributed by atoms with E-state index in [0.717, 1.165) is 11.4 Å². The Hall–Kier alpha value is -1.25. The number of aryl methyl sites for hydroxylation is 2. The van der Waals surface area contributed by atoms with Gasteiger partial charge in [-0.25, -0.2) is 0 Å². The summed E-state index contributed by atoms with van der Waals surface area (Å²) < 4.78 is 7.00. The third-order valence-electron chi connectivity index (χ3n) is 1.74. The molecule has 2 heterocycles. The van der Waals surface area contributed by atoms with Crippen LogP contribution in [0.5, 0.6) is 0 Å². The van der Waals surface area contributed by atoms with Gasteiger partial charge in [-0.1, -0.05) is 0 Å². The summed E-state index contributed by atoms with van der Waals surface area (Å²) in [6.45, 7) is 3.99. The van der Waals surface area contributed by atoms with E-state index in [2.05, 4.69) is 4.98 Å². The lowest BCUT2D eigenvalue weighted by Crippen LogP contribution is -1.80. The molecule has 52 valence electrons. The van der Waals surface area contributed by atoms with Crippen molar-refractivity contribution < 1.29 is 4.42 Å². The van der Waals surface area contributed by atoms with Crippen molar-refractivity contribution in [2.75, 3.05) is 0 Å². The number of imidazole rings is 1. The van der Waals surface area contributed by atoms with Gasteiger partial charge in [0.25, 0.3) is 0 Å². The van der Waals surface area contributed by atoms with Crippen LogP contribution < -0.4 is 0 Å². The van der Waals surface area contributed by atoms with E-state index in [1.54, 1.807) is 6.26 Å². The quantitative estimate of drug-likeness (QED) is 0.550. The summed E-state index contributed by atoms with van der Waals surface area (Å²) in [5.41, 5.74) is 2.17. The Kier molecular flexibility index (Phi) is 0.897. The number of fused-ring (bicyclic) bond motifs is 1. The monoisotopic (exact) mass is 136 g/mol. The van der Waals surface area contributed by atoms with Crippen LogP contribution in [0.4, 0.5) is 0 Å². The van der Waals surface area contributed by atoms with Gasteiger partial charge in [-0.05, 0) is 13.8 Å². The van der Waals surface area contributed by atoms with E-state index in [0.29, 0.717) is 5.84 Å². The highest BCUT2D eigenvalue weighted by Crippen LogP contribution is 2.09. The number of rotatable bonds is 0. The van der Waals surface area contributed by atoms with Gasteiger partial charge in [0.05, 0.1) is 5.69 Å². The molecule has 0 atom stereocenters. The molecule has 3 nitrogen and oxygen atoms in total. The highest BCUT2D eigenvalue weighted by atomic mass is 16.3. The Morgan fingerprint density at radius 3 is 3.00 bits per heavy atom. The molecule has 2 aromatic heterocycles. The van der Waals surface area contributed by atoms with Gasteiger partial charge in [-0.15, -0.1) is 0 Å². The first-order chi connectivity index (χ1) is 4.79. The summed E-state index contributed by atoms with van der Waals surface area (Å²) in [6.07, 6.45) is 3.50. The van der Waals surface area contributed by atoms with Crippen LogP contribution in [0.2, 0.25) is 0 Å². The molecule has 10 heavy (non-hydrogen) atoms. The fourth-order valence-electron chi connectivity index (χ4n) is 1.01. The maximum atomic E-state index is 5.07. The second kappa shape index (κ2) is 1.62. The number of aromatic nitrogens is 2. The maximum Gasteiger partial charge on any atom is 0.306 e. The van der Waals surface area contributed by atoms with Gasteiger partial charge in [0.2, 0.25) is 0 Å². The largest absolute Gasteiger partial charge is 0.432 e. The Morgan fingerprint density at radius 2 is 2.30 bits per heavy atom. The molecule has 0 radical (unpaired) electrons. The van der Waals surface area contributed by atoms with Crippen molar-refractivity contribution in [1.82, 2.24) is 9.38 Å². The highest BCUT2D eigenvalue weighted by Gasteiger charge is 2.04. The molecule has 0 saturated heterocycles. The average molecular weight is 136 g/mol. The van der Waals surface area contributed by atoms with Gasteiger partial charge in [0.1, 0.15) is 6.26 Å². The van der Waals surface area contributed by atoms with Crippen LogP contribution in [0.1, 0.15) is 11.4 Å². The summed E-state index contributed by atoms with van der Waals surface area (Å²) >= 11 is 0. The van der Waals surface area contributed by atoms with Gasteiger partial charge >= 0.3 is 5.84 Å². The third-order valence-corrected chi connectivity index (χ3v) is 1.74. The molecule has 2 aromatic rings. The minimum Gasteiger partial charge on any atom is -0.432 e. The second-order valence-corrected chi connectivity index (χ2v) is 2.34. The molecule has 0 fully saturated rings. The van der Waals surface area contributed by atoms with Crippen LogP contribution in [0.3, 0.4) is 0 Å². The summed E-state index contributed by atoms with van der Waals surface area (Å²) in [7, 11) is 0. The normalized spacial score (nSPS) is 11.0. The lowest BCUT2D eigenvalue weighted by atomic mass is 10.4. The highest BCUT2D eigenvalue weighted by molar-refractivity contribution is 5.30. The summed E-state index contributed by atoms with van der Waals surface area (Å²) in [6, 6.07) is 0. The van der Waals surface area contributed by atoms with E-state index in [-0.39, 0.29) is 0 Å². The van der Waals surface area contributed by atoms with Gasteiger partial charge in [-0.2, -0.15) is 4.98 Å². The molecule has 0 aromatic carbocycles. The van der Waals surface area contributed by atoms with E-state index in [4.69, 9.17) is 4.42 Å². The average Bonchev–Trinajstić information content (AvgIpc) is 2.41. The number of hydrogen-bond donors (Lipinski definition) is 0. The second-order valence-electron chi connectivity index (χ2n) is 2.34. The third kappa shape index (κ3) is 0.518. The molecular weight excluding hydrogens is 128 g/mol. The zero-order valence-corrected chi connectivity index (χ0v) is 5.96. The van der Waals surface area contributed by atoms with Gasteiger partial charge in [0.15, 0.2) is 0 Å². The standard InChI is InChI=1S/C7H8N2O/c1-5-6(2)9-3-4-10-7(9)8-5/h3-4H,1-2H3. The molecule has 0 aliphatic heterocycles. The SMILES string of the molecule is Cc1nc2occn2c1C. The zero-order valence-electron chi connectivity index (χ0n) is 5.96. The molecule has 0 saturated carbocycles. The molecule has 2 rings (SSSR count). The number of nitrogens with zero attached hydrogens (tertiary/aromatic N) is 2. The van der Waals surface area contributed by atoms with Crippen molar-refractivity contribution >= 4 is 5.84 Å². The van der Waals surface area contributed by atoms with E-state index in [9.17, 15) is 0 Å². The summed E-state index contributed by atoms with van der Waals surface area (Å²) in [5.74, 6) is 0.676. The van der Waals surface area contributed by atoms with E-state index in [1.165, 1.54) is 0 Å². The predicted octanol–water partition coefficient (Wildman–Crippen LogP) is 1.54. The fourth-order valence-corrected chi connectivity index (χ4v) is 1.01. The molecule has 0 unspecified atom stereocenters. The van der Waals surface area contributed by atoms with E-state index in [1.807, 2.05) is 24.4 Å². The maximum absolute atomic E-state index is 5.07. The Labute approximate surface area is 58.3 Å². The van der Waals surface area contributed by atoms with Gasteiger partial charge < -0.3 is 4.42 Å². The molecule has 3 heteroatoms. The van der Waals surface area contributed by atoms with E-state index >= 15 is 0 Å². The van der Waals surface area contributed by atoms with E-state index < -0.39 is 0 Å². The predicted molar refractivity (Wildman–Crippen MR) is 36.9 cm³/mol. The zero-order chi connectivity index (χ0) is 7.14. The van der Waals surface area contributed by atoms with Crippen LogP contribution in [-0.4, -0.2) is 9.38 Å². The molecule has 0 amide bonds. The van der Waals surface area contributed by atoms with Crippen molar-refractivity contribution in [3.8, 4) is 0 Å². The Balaban J connectivity index is 2.95. The van der Waals surface area contributed by atoms with Crippen LogP contribution in [0.25, 0.3) is 5.84 Å². The van der Waals surface area contributed by atoms with Crippen molar-refractivity contribution in [1.29, 1.82) is 0 Å². The molecule has 0 spiro atoms. The number of oxazole rings is 1. The van der Waals surface area contributed by atoms with Crippen molar-refractivity contribution in [2.45, 2.75) is 13.8 Å². The number of hydrogen-bond acceptors (Lipinski definition) is 2. The van der Waals surface area contributed by atoms with Gasteiger partial charge in [0, 0.05) is 11.9 Å². The summed E-state index contributed by atoms with van der Waals surface area (Å²) in [5, 5.41) is 0. The van der Waals surface area contributed by atoms with Crippen molar-refractivity contribution in [3.05, 3.63) is 23.8 Å². The lowest BCUT2D eigenvalue weighted by molar-refractivity contribution is 0.595. The first-order valence-electron chi connectivity index (χ1n) is 3.18. The topological polar surface area (TPSA) is 30.4 Å². The van der Waals surface area contributed by atoms with Gasteiger partial charge in [-0.3, -0.25) is 4.40 Å². The first kappa shape index (κ1) is 5.53. The molecular formula is C7H8N2O. The van der Waals surface area contributed by atoms with Crippen molar-refractivity contribution in [2.24, 2.45) is 0 Å². The minimum absolute atomic E-state index is 0.676. The molecule has 0 N–H and O–H groups in total. The fraction of sp³-hybridized carbons (Fsp3) is 0.286. The molecule has 0 aliphatic carbocycles. The van der Waals surface area contributed by atoms with Crippen molar-refractivity contribution in [3.63, 3.8) is 0 Å². The van der Waals surface area contributed by atoms with Crippen LogP contribution in [-0.2, 0) is 0 Å². The van der Waals surface area contributed by atoms with Crippen LogP contribution in [0, 0.1) is 13.8 Å². The Bertz CT molecular complexity index is 358. The molecule has 0 aliphatic rings. The first-order valence-corrected chi connectivity index (χ1v) is 3.18. The summed E-state index contributed by atoms with van der Waals surface area (Å²) in [4.78, 5) is 4.17. The van der Waals surface area contributed by atoms with Crippen LogP contribution in [0.15, 0.2) is 16.9 Å². The van der Waals surface area contributed by atoms with Crippen LogP contribution >= 0.6 is 0 Å².